The average molecular weight is 283 g/mol. The van der Waals surface area contributed by atoms with Crippen molar-refractivity contribution in [2.75, 3.05) is 16.9 Å². The maximum atomic E-state index is 11.7. The van der Waals surface area contributed by atoms with Gasteiger partial charge in [-0.1, -0.05) is 0 Å². The molecule has 1 N–H and O–H groups in total. The van der Waals surface area contributed by atoms with Crippen molar-refractivity contribution in [2.24, 2.45) is 0 Å². The summed E-state index contributed by atoms with van der Waals surface area (Å²) in [6, 6.07) is 5.62. The Morgan fingerprint density at radius 1 is 1.50 bits per heavy atom. The molecular weight excluding hydrogens is 270 g/mol. The Morgan fingerprint density at radius 3 is 2.83 bits per heavy atom. The van der Waals surface area contributed by atoms with Crippen LogP contribution >= 0.6 is 23.5 Å². The zero-order valence-corrected chi connectivity index (χ0v) is 11.7. The summed E-state index contributed by atoms with van der Waals surface area (Å²) in [5, 5.41) is 8.88. The van der Waals surface area contributed by atoms with Gasteiger partial charge < -0.3 is 5.11 Å². The Morgan fingerprint density at radius 2 is 2.22 bits per heavy atom. The van der Waals surface area contributed by atoms with Crippen molar-refractivity contribution in [1.29, 1.82) is 0 Å². The molecule has 0 bridgehead atoms. The molecule has 0 saturated carbocycles. The first kappa shape index (κ1) is 13.3. The number of carboxylic acid groups (broad SMARTS) is 1. The molecule has 18 heavy (non-hydrogen) atoms. The molecule has 1 aromatic rings. The van der Waals surface area contributed by atoms with Gasteiger partial charge in [0, 0.05) is 21.6 Å². The molecule has 1 atom stereocenters. The van der Waals surface area contributed by atoms with E-state index >= 15 is 0 Å². The summed E-state index contributed by atoms with van der Waals surface area (Å²) in [7, 11) is 0. The van der Waals surface area contributed by atoms with Gasteiger partial charge in [0.25, 0.3) is 0 Å². The zero-order valence-electron chi connectivity index (χ0n) is 10.0. The number of aliphatic carboxylic acids is 1. The number of amides is 1. The van der Waals surface area contributed by atoms with Crippen LogP contribution in [0.15, 0.2) is 28.0 Å². The first-order chi connectivity index (χ1) is 8.54. The SMILES string of the molecule is CSc1ccc2c(c1)SCC(C)N2C(=O)C(=O)O. The van der Waals surface area contributed by atoms with Crippen LogP contribution in [0.1, 0.15) is 6.92 Å². The van der Waals surface area contributed by atoms with Crippen LogP contribution < -0.4 is 4.90 Å². The first-order valence-electron chi connectivity index (χ1n) is 5.42. The van der Waals surface area contributed by atoms with Crippen LogP contribution in [0, 0.1) is 0 Å². The van der Waals surface area contributed by atoms with E-state index in [4.69, 9.17) is 5.11 Å². The fraction of sp³-hybridized carbons (Fsp3) is 0.333. The topological polar surface area (TPSA) is 57.6 Å². The second kappa shape index (κ2) is 5.24. The Labute approximate surface area is 114 Å². The lowest BCUT2D eigenvalue weighted by molar-refractivity contribution is -0.149. The van der Waals surface area contributed by atoms with Crippen molar-refractivity contribution in [3.63, 3.8) is 0 Å². The number of hydrogen-bond donors (Lipinski definition) is 1. The molecule has 0 spiro atoms. The molecule has 1 aromatic carbocycles. The van der Waals surface area contributed by atoms with Crippen LogP contribution in [0.2, 0.25) is 0 Å². The van der Waals surface area contributed by atoms with Crippen molar-refractivity contribution < 1.29 is 14.7 Å². The molecule has 0 fully saturated rings. The molecule has 96 valence electrons. The molecule has 0 aromatic heterocycles. The molecule has 1 aliphatic heterocycles. The van der Waals surface area contributed by atoms with E-state index in [-0.39, 0.29) is 6.04 Å². The minimum absolute atomic E-state index is 0.105. The molecule has 6 heteroatoms. The number of carbonyl (C=O) groups is 2. The van der Waals surface area contributed by atoms with Crippen molar-refractivity contribution in [2.45, 2.75) is 22.8 Å². The minimum Gasteiger partial charge on any atom is -0.474 e. The van der Waals surface area contributed by atoms with E-state index in [2.05, 4.69) is 0 Å². The number of rotatable bonds is 1. The Hall–Kier alpha value is -1.14. The van der Waals surface area contributed by atoms with Crippen LogP contribution in [0.25, 0.3) is 0 Å². The van der Waals surface area contributed by atoms with E-state index in [1.54, 1.807) is 23.5 Å². The third-order valence-electron chi connectivity index (χ3n) is 2.75. The smallest absolute Gasteiger partial charge is 0.394 e. The summed E-state index contributed by atoms with van der Waals surface area (Å²) in [4.78, 5) is 26.1. The molecule has 4 nitrogen and oxygen atoms in total. The third-order valence-corrected chi connectivity index (χ3v) is 4.76. The van der Waals surface area contributed by atoms with E-state index in [0.29, 0.717) is 11.4 Å². The van der Waals surface area contributed by atoms with Crippen molar-refractivity contribution in [1.82, 2.24) is 0 Å². The lowest BCUT2D eigenvalue weighted by Gasteiger charge is -2.33. The normalized spacial score (nSPS) is 18.3. The highest BCUT2D eigenvalue weighted by Crippen LogP contribution is 2.39. The van der Waals surface area contributed by atoms with Gasteiger partial charge in [-0.05, 0) is 31.4 Å². The summed E-state index contributed by atoms with van der Waals surface area (Å²) in [5.41, 5.74) is 0.698. The monoisotopic (exact) mass is 283 g/mol. The Bertz CT molecular complexity index is 504. The number of carbonyl (C=O) groups excluding carboxylic acids is 1. The van der Waals surface area contributed by atoms with Crippen molar-refractivity contribution in [3.05, 3.63) is 18.2 Å². The number of hydrogen-bond acceptors (Lipinski definition) is 4. The summed E-state index contributed by atoms with van der Waals surface area (Å²) < 4.78 is 0. The third kappa shape index (κ3) is 2.35. The minimum atomic E-state index is -1.41. The van der Waals surface area contributed by atoms with Gasteiger partial charge in [-0.25, -0.2) is 4.79 Å². The van der Waals surface area contributed by atoms with E-state index in [0.717, 1.165) is 9.79 Å². The van der Waals surface area contributed by atoms with Crippen molar-refractivity contribution in [3.8, 4) is 0 Å². The second-order valence-corrected chi connectivity index (χ2v) is 5.92. The van der Waals surface area contributed by atoms with E-state index in [1.807, 2.05) is 31.4 Å². The maximum absolute atomic E-state index is 11.7. The molecule has 0 saturated heterocycles. The number of carboxylic acids is 1. The van der Waals surface area contributed by atoms with Gasteiger partial charge in [-0.2, -0.15) is 0 Å². The summed E-state index contributed by atoms with van der Waals surface area (Å²) in [6.45, 7) is 1.86. The first-order valence-corrected chi connectivity index (χ1v) is 7.63. The molecule has 0 aliphatic carbocycles. The maximum Gasteiger partial charge on any atom is 0.394 e. The molecule has 1 aliphatic rings. The summed E-state index contributed by atoms with van der Waals surface area (Å²) in [6.07, 6.45) is 1.98. The quantitative estimate of drug-likeness (QED) is 0.633. The van der Waals surface area contributed by atoms with Gasteiger partial charge in [0.1, 0.15) is 0 Å². The lowest BCUT2D eigenvalue weighted by atomic mass is 10.2. The number of anilines is 1. The predicted octanol–water partition coefficient (Wildman–Crippen LogP) is 2.32. The van der Waals surface area contributed by atoms with Crippen LogP contribution in [-0.2, 0) is 9.59 Å². The fourth-order valence-corrected chi connectivity index (χ4v) is 3.48. The van der Waals surface area contributed by atoms with Gasteiger partial charge in [0.05, 0.1) is 5.69 Å². The standard InChI is InChI=1S/C12H13NO3S2/c1-7-6-18-10-5-8(17-2)3-4-9(10)13(7)11(14)12(15)16/h3-5,7H,6H2,1-2H3,(H,15,16). The Kier molecular flexibility index (Phi) is 3.87. The van der Waals surface area contributed by atoms with Crippen LogP contribution in [0.4, 0.5) is 5.69 Å². The van der Waals surface area contributed by atoms with Crippen LogP contribution in [0.5, 0.6) is 0 Å². The van der Waals surface area contributed by atoms with Crippen molar-refractivity contribution >= 4 is 41.1 Å². The second-order valence-electron chi connectivity index (χ2n) is 3.97. The molecule has 1 amide bonds. The predicted molar refractivity (Wildman–Crippen MR) is 73.5 cm³/mol. The zero-order chi connectivity index (χ0) is 13.3. The van der Waals surface area contributed by atoms with Gasteiger partial charge >= 0.3 is 11.9 Å². The fourth-order valence-electron chi connectivity index (χ4n) is 1.87. The highest BCUT2D eigenvalue weighted by molar-refractivity contribution is 8.00. The highest BCUT2D eigenvalue weighted by Gasteiger charge is 2.32. The number of fused-ring (bicyclic) bond motifs is 1. The van der Waals surface area contributed by atoms with E-state index in [9.17, 15) is 9.59 Å². The van der Waals surface area contributed by atoms with Crippen LogP contribution in [0.3, 0.4) is 0 Å². The molecule has 1 heterocycles. The van der Waals surface area contributed by atoms with Gasteiger partial charge in [-0.15, -0.1) is 23.5 Å². The number of nitrogens with zero attached hydrogens (tertiary/aromatic N) is 1. The Balaban J connectivity index is 2.44. The number of benzene rings is 1. The van der Waals surface area contributed by atoms with Gasteiger partial charge in [-0.3, -0.25) is 9.69 Å². The number of thioether (sulfide) groups is 2. The molecule has 0 radical (unpaired) electrons. The van der Waals surface area contributed by atoms with Crippen LogP contribution in [-0.4, -0.2) is 35.0 Å². The summed E-state index contributed by atoms with van der Waals surface area (Å²) in [5.74, 6) is -1.56. The molecule has 1 unspecified atom stereocenters. The van der Waals surface area contributed by atoms with Gasteiger partial charge in [0.15, 0.2) is 0 Å². The largest absolute Gasteiger partial charge is 0.474 e. The van der Waals surface area contributed by atoms with Gasteiger partial charge in [0.2, 0.25) is 0 Å². The lowest BCUT2D eigenvalue weighted by Crippen LogP contribution is -2.45. The molecule has 2 rings (SSSR count). The molecular formula is C12H13NO3S2. The highest BCUT2D eigenvalue weighted by atomic mass is 32.2. The average Bonchev–Trinajstić information content (AvgIpc) is 2.37. The van der Waals surface area contributed by atoms with E-state index < -0.39 is 11.9 Å². The van der Waals surface area contributed by atoms with E-state index in [1.165, 1.54) is 4.90 Å². The summed E-state index contributed by atoms with van der Waals surface area (Å²) >= 11 is 3.28.